The molecule has 0 bridgehead atoms. The van der Waals surface area contributed by atoms with Crippen LogP contribution in [0.15, 0.2) is 23.1 Å². The van der Waals surface area contributed by atoms with Gasteiger partial charge in [-0.25, -0.2) is 8.42 Å². The lowest BCUT2D eigenvalue weighted by molar-refractivity contribution is -0.122. The first-order valence-corrected chi connectivity index (χ1v) is 8.75. The predicted octanol–water partition coefficient (Wildman–Crippen LogP) is 0.390. The first-order valence-electron chi connectivity index (χ1n) is 7.31. The molecule has 22 heavy (non-hydrogen) atoms. The summed E-state index contributed by atoms with van der Waals surface area (Å²) in [6.45, 7) is 4.04. The second-order valence-corrected chi connectivity index (χ2v) is 7.35. The molecule has 0 aliphatic carbocycles. The molecule has 0 aromatic heterocycles. The van der Waals surface area contributed by atoms with Gasteiger partial charge in [-0.15, -0.1) is 0 Å². The molecular weight excluding hydrogens is 306 g/mol. The van der Waals surface area contributed by atoms with Crippen LogP contribution in [0.2, 0.25) is 0 Å². The van der Waals surface area contributed by atoms with Gasteiger partial charge in [0.2, 0.25) is 10.0 Å². The molecule has 8 heteroatoms. The highest BCUT2D eigenvalue weighted by Crippen LogP contribution is 2.32. The van der Waals surface area contributed by atoms with Gasteiger partial charge in [0.1, 0.15) is 5.75 Å². The molecule has 2 aliphatic heterocycles. The van der Waals surface area contributed by atoms with Crippen LogP contribution in [0.4, 0.5) is 5.69 Å². The van der Waals surface area contributed by atoms with Gasteiger partial charge < -0.3 is 15.4 Å². The van der Waals surface area contributed by atoms with Gasteiger partial charge >= 0.3 is 0 Å². The van der Waals surface area contributed by atoms with Crippen LogP contribution in [0.1, 0.15) is 13.3 Å². The smallest absolute Gasteiger partial charge is 0.265 e. The number of fused-ring (bicyclic) bond motifs is 1. The first kappa shape index (κ1) is 15.3. The van der Waals surface area contributed by atoms with Gasteiger partial charge in [0, 0.05) is 19.6 Å². The van der Waals surface area contributed by atoms with Gasteiger partial charge in [-0.3, -0.25) is 4.79 Å². The fourth-order valence-corrected chi connectivity index (χ4v) is 4.06. The number of nitrogens with zero attached hydrogens (tertiary/aromatic N) is 1. The SMILES string of the molecule is CC1Oc2ccc(S(=O)(=O)N3CCCNCC3)cc2NC1=O. The van der Waals surface area contributed by atoms with Crippen molar-refractivity contribution in [3.05, 3.63) is 18.2 Å². The number of ether oxygens (including phenoxy) is 1. The minimum absolute atomic E-state index is 0.173. The maximum absolute atomic E-state index is 12.7. The van der Waals surface area contributed by atoms with Gasteiger partial charge in [-0.2, -0.15) is 4.31 Å². The van der Waals surface area contributed by atoms with E-state index in [1.54, 1.807) is 13.0 Å². The highest BCUT2D eigenvalue weighted by atomic mass is 32.2. The first-order chi connectivity index (χ1) is 10.5. The van der Waals surface area contributed by atoms with Crippen molar-refractivity contribution >= 4 is 21.6 Å². The Balaban J connectivity index is 1.91. The zero-order chi connectivity index (χ0) is 15.7. The third-order valence-corrected chi connectivity index (χ3v) is 5.71. The number of anilines is 1. The van der Waals surface area contributed by atoms with Crippen molar-refractivity contribution in [2.24, 2.45) is 0 Å². The summed E-state index contributed by atoms with van der Waals surface area (Å²) >= 11 is 0. The minimum atomic E-state index is -3.56. The highest BCUT2D eigenvalue weighted by Gasteiger charge is 2.29. The Bertz CT molecular complexity index is 681. The number of amides is 1. The largest absolute Gasteiger partial charge is 0.479 e. The normalized spacial score (nSPS) is 23.1. The van der Waals surface area contributed by atoms with E-state index in [0.29, 0.717) is 31.1 Å². The van der Waals surface area contributed by atoms with E-state index in [1.807, 2.05) is 0 Å². The molecule has 1 amide bonds. The second-order valence-electron chi connectivity index (χ2n) is 5.41. The van der Waals surface area contributed by atoms with E-state index >= 15 is 0 Å². The number of carbonyl (C=O) groups is 1. The van der Waals surface area contributed by atoms with E-state index in [0.717, 1.165) is 13.0 Å². The topological polar surface area (TPSA) is 87.7 Å². The Hall–Kier alpha value is -1.64. The summed E-state index contributed by atoms with van der Waals surface area (Å²) in [4.78, 5) is 11.8. The molecule has 1 unspecified atom stereocenters. The molecule has 7 nitrogen and oxygen atoms in total. The number of hydrogen-bond acceptors (Lipinski definition) is 5. The number of benzene rings is 1. The van der Waals surface area contributed by atoms with Crippen LogP contribution in [0.5, 0.6) is 5.75 Å². The van der Waals surface area contributed by atoms with Crippen molar-refractivity contribution in [2.45, 2.75) is 24.3 Å². The average molecular weight is 325 g/mol. The molecule has 1 atom stereocenters. The van der Waals surface area contributed by atoms with E-state index in [2.05, 4.69) is 10.6 Å². The molecule has 0 radical (unpaired) electrons. The van der Waals surface area contributed by atoms with Crippen molar-refractivity contribution in [3.8, 4) is 5.75 Å². The van der Waals surface area contributed by atoms with Gasteiger partial charge in [0.05, 0.1) is 10.6 Å². The average Bonchev–Trinajstić information content (AvgIpc) is 2.77. The zero-order valence-electron chi connectivity index (χ0n) is 12.3. The lowest BCUT2D eigenvalue weighted by Gasteiger charge is -2.25. The van der Waals surface area contributed by atoms with Crippen molar-refractivity contribution in [3.63, 3.8) is 0 Å². The molecule has 1 saturated heterocycles. The third kappa shape index (κ3) is 2.81. The Morgan fingerprint density at radius 3 is 2.91 bits per heavy atom. The summed E-state index contributed by atoms with van der Waals surface area (Å²) in [6.07, 6.45) is 0.202. The molecule has 1 aromatic carbocycles. The maximum atomic E-state index is 12.7. The Morgan fingerprint density at radius 1 is 1.27 bits per heavy atom. The van der Waals surface area contributed by atoms with Gasteiger partial charge in [0.25, 0.3) is 5.91 Å². The van der Waals surface area contributed by atoms with Crippen LogP contribution in [0.3, 0.4) is 0 Å². The molecule has 3 rings (SSSR count). The van der Waals surface area contributed by atoms with Gasteiger partial charge in [-0.1, -0.05) is 0 Å². The fourth-order valence-electron chi connectivity index (χ4n) is 2.56. The number of carbonyl (C=O) groups excluding carboxylic acids is 1. The fraction of sp³-hybridized carbons (Fsp3) is 0.500. The van der Waals surface area contributed by atoms with E-state index in [9.17, 15) is 13.2 Å². The van der Waals surface area contributed by atoms with Gasteiger partial charge in [-0.05, 0) is 38.1 Å². The predicted molar refractivity (Wildman–Crippen MR) is 81.4 cm³/mol. The van der Waals surface area contributed by atoms with Crippen LogP contribution >= 0.6 is 0 Å². The quantitative estimate of drug-likeness (QED) is 0.821. The minimum Gasteiger partial charge on any atom is -0.479 e. The van der Waals surface area contributed by atoms with Crippen LogP contribution in [-0.2, 0) is 14.8 Å². The molecule has 2 heterocycles. The van der Waals surface area contributed by atoms with Crippen molar-refractivity contribution < 1.29 is 17.9 Å². The molecule has 120 valence electrons. The van der Waals surface area contributed by atoms with Crippen LogP contribution in [0, 0.1) is 0 Å². The number of hydrogen-bond donors (Lipinski definition) is 2. The molecule has 1 aromatic rings. The molecule has 2 aliphatic rings. The van der Waals surface area contributed by atoms with E-state index < -0.39 is 16.1 Å². The zero-order valence-corrected chi connectivity index (χ0v) is 13.1. The van der Waals surface area contributed by atoms with Gasteiger partial charge in [0.15, 0.2) is 6.10 Å². The van der Waals surface area contributed by atoms with Crippen molar-refractivity contribution in [1.82, 2.24) is 9.62 Å². The van der Waals surface area contributed by atoms with Crippen LogP contribution in [0.25, 0.3) is 0 Å². The summed E-state index contributed by atoms with van der Waals surface area (Å²) in [5, 5.41) is 5.86. The second kappa shape index (κ2) is 5.86. The van der Waals surface area contributed by atoms with Crippen molar-refractivity contribution in [1.29, 1.82) is 0 Å². The summed E-state index contributed by atoms with van der Waals surface area (Å²) in [5.74, 6) is 0.213. The standard InChI is InChI=1S/C14H19N3O4S/c1-10-14(18)16-12-9-11(3-4-13(12)21-10)22(19,20)17-7-2-5-15-6-8-17/h3-4,9-10,15H,2,5-8H2,1H3,(H,16,18). The third-order valence-electron chi connectivity index (χ3n) is 3.82. The number of sulfonamides is 1. The molecule has 1 fully saturated rings. The maximum Gasteiger partial charge on any atom is 0.265 e. The summed E-state index contributed by atoms with van der Waals surface area (Å²) in [7, 11) is -3.56. The molecule has 2 N–H and O–H groups in total. The summed E-state index contributed by atoms with van der Waals surface area (Å²) in [5.41, 5.74) is 0.400. The highest BCUT2D eigenvalue weighted by molar-refractivity contribution is 7.89. The Kier molecular flexibility index (Phi) is 4.07. The number of rotatable bonds is 2. The Labute approximate surface area is 129 Å². The molecule has 0 saturated carbocycles. The molecular formula is C14H19N3O4S. The lowest BCUT2D eigenvalue weighted by Crippen LogP contribution is -2.36. The number of nitrogens with one attached hydrogen (secondary N) is 2. The van der Waals surface area contributed by atoms with Crippen LogP contribution < -0.4 is 15.4 Å². The Morgan fingerprint density at radius 2 is 2.09 bits per heavy atom. The van der Waals surface area contributed by atoms with Crippen molar-refractivity contribution in [2.75, 3.05) is 31.5 Å². The summed E-state index contributed by atoms with van der Waals surface area (Å²) in [6, 6.07) is 4.58. The monoisotopic (exact) mass is 325 g/mol. The van der Waals surface area contributed by atoms with Crippen LogP contribution in [-0.4, -0.2) is 50.9 Å². The molecule has 0 spiro atoms. The van der Waals surface area contributed by atoms with E-state index in [-0.39, 0.29) is 10.8 Å². The summed E-state index contributed by atoms with van der Waals surface area (Å²) < 4.78 is 32.4. The lowest BCUT2D eigenvalue weighted by atomic mass is 10.2. The van der Waals surface area contributed by atoms with E-state index in [4.69, 9.17) is 4.74 Å². The van der Waals surface area contributed by atoms with E-state index in [1.165, 1.54) is 16.4 Å².